The summed E-state index contributed by atoms with van der Waals surface area (Å²) in [6, 6.07) is 28.8. The molecule has 2 heterocycles. The van der Waals surface area contributed by atoms with Crippen LogP contribution in [0.25, 0.3) is 6.08 Å². The lowest BCUT2D eigenvalue weighted by atomic mass is 9.95. The number of nitrogens with one attached hydrogen (secondary N) is 1. The minimum atomic E-state index is -0.709. The van der Waals surface area contributed by atoms with Gasteiger partial charge in [0.25, 0.3) is 11.5 Å². The number of amides is 1. The first-order chi connectivity index (χ1) is 22.3. The maximum Gasteiger partial charge on any atom is 0.271 e. The Labute approximate surface area is 279 Å². The zero-order valence-corrected chi connectivity index (χ0v) is 27.3. The Hall–Kier alpha value is -4.63. The van der Waals surface area contributed by atoms with Crippen molar-refractivity contribution >= 4 is 52.2 Å². The van der Waals surface area contributed by atoms with Crippen LogP contribution >= 0.6 is 34.5 Å². The number of benzene rings is 4. The molecule has 0 saturated heterocycles. The van der Waals surface area contributed by atoms with Crippen LogP contribution in [0.15, 0.2) is 118 Å². The zero-order valence-electron chi connectivity index (χ0n) is 25.0. The van der Waals surface area contributed by atoms with Crippen molar-refractivity contribution in [2.45, 2.75) is 26.5 Å². The molecule has 46 heavy (non-hydrogen) atoms. The van der Waals surface area contributed by atoms with Crippen LogP contribution in [0.3, 0.4) is 0 Å². The van der Waals surface area contributed by atoms with E-state index in [1.54, 1.807) is 29.7 Å². The maximum atomic E-state index is 14.2. The smallest absolute Gasteiger partial charge is 0.271 e. The Morgan fingerprint density at radius 2 is 1.70 bits per heavy atom. The number of allylic oxidation sites excluding steroid dienone is 1. The number of carbonyl (C=O) groups excluding carboxylic acids is 1. The number of para-hydroxylation sites is 2. The number of carbonyl (C=O) groups is 1. The minimum absolute atomic E-state index is 0.264. The number of ether oxygens (including phenoxy) is 2. The van der Waals surface area contributed by atoms with E-state index in [1.807, 2.05) is 91.9 Å². The highest BCUT2D eigenvalue weighted by molar-refractivity contribution is 7.07. The van der Waals surface area contributed by atoms with E-state index in [0.29, 0.717) is 54.4 Å². The number of thiazole rings is 1. The summed E-state index contributed by atoms with van der Waals surface area (Å²) in [7, 11) is 0. The fourth-order valence-electron chi connectivity index (χ4n) is 5.22. The lowest BCUT2D eigenvalue weighted by Crippen LogP contribution is -2.40. The van der Waals surface area contributed by atoms with Crippen LogP contribution in [0, 0.1) is 0 Å². The van der Waals surface area contributed by atoms with Gasteiger partial charge in [-0.2, -0.15) is 0 Å². The average Bonchev–Trinajstić information content (AvgIpc) is 3.36. The number of rotatable bonds is 9. The van der Waals surface area contributed by atoms with Crippen molar-refractivity contribution in [3.8, 4) is 11.5 Å². The topological polar surface area (TPSA) is 81.9 Å². The predicted octanol–water partition coefficient (Wildman–Crippen LogP) is 7.16. The molecule has 1 aromatic heterocycles. The summed E-state index contributed by atoms with van der Waals surface area (Å²) < 4.78 is 13.8. The predicted molar refractivity (Wildman–Crippen MR) is 184 cm³/mol. The number of halogens is 2. The Morgan fingerprint density at radius 1 is 0.957 bits per heavy atom. The molecule has 4 aromatic carbocycles. The van der Waals surface area contributed by atoms with Crippen molar-refractivity contribution in [3.05, 3.63) is 155 Å². The van der Waals surface area contributed by atoms with Gasteiger partial charge in [-0.05, 0) is 73.5 Å². The summed E-state index contributed by atoms with van der Waals surface area (Å²) in [6.45, 7) is 4.50. The molecule has 1 atom stereocenters. The molecular weight excluding hydrogens is 641 g/mol. The molecule has 0 aliphatic carbocycles. The first-order valence-corrected chi connectivity index (χ1v) is 16.2. The van der Waals surface area contributed by atoms with Gasteiger partial charge in [0.1, 0.15) is 18.1 Å². The monoisotopic (exact) mass is 669 g/mol. The van der Waals surface area contributed by atoms with Gasteiger partial charge in [0.05, 0.1) is 38.5 Å². The van der Waals surface area contributed by atoms with E-state index in [0.717, 1.165) is 16.7 Å². The van der Waals surface area contributed by atoms with Gasteiger partial charge in [0.2, 0.25) is 0 Å². The third-order valence-electron chi connectivity index (χ3n) is 7.39. The molecule has 1 aliphatic heterocycles. The van der Waals surface area contributed by atoms with Gasteiger partial charge in [0, 0.05) is 11.3 Å². The van der Waals surface area contributed by atoms with Crippen molar-refractivity contribution in [2.24, 2.45) is 4.99 Å². The van der Waals surface area contributed by atoms with Crippen LogP contribution in [0.4, 0.5) is 5.69 Å². The molecule has 0 radical (unpaired) electrons. The van der Waals surface area contributed by atoms with Gasteiger partial charge in [-0.3, -0.25) is 14.2 Å². The molecule has 1 N–H and O–H groups in total. The number of fused-ring (bicyclic) bond motifs is 1. The lowest BCUT2D eigenvalue weighted by Gasteiger charge is -2.25. The van der Waals surface area contributed by atoms with E-state index in [9.17, 15) is 9.59 Å². The quantitative estimate of drug-likeness (QED) is 0.181. The van der Waals surface area contributed by atoms with E-state index in [-0.39, 0.29) is 18.1 Å². The van der Waals surface area contributed by atoms with Crippen LogP contribution in [0.2, 0.25) is 10.0 Å². The lowest BCUT2D eigenvalue weighted by molar-refractivity contribution is -0.113. The first-order valence-electron chi connectivity index (χ1n) is 14.6. The summed E-state index contributed by atoms with van der Waals surface area (Å²) in [5.74, 6) is 0.968. The average molecular weight is 671 g/mol. The van der Waals surface area contributed by atoms with E-state index in [4.69, 9.17) is 37.7 Å². The van der Waals surface area contributed by atoms with Gasteiger partial charge in [-0.1, -0.05) is 89.1 Å². The molecule has 6 rings (SSSR count). The first kappa shape index (κ1) is 31.4. The molecule has 1 aliphatic rings. The number of anilines is 1. The molecule has 7 nitrogen and oxygen atoms in total. The molecule has 0 bridgehead atoms. The summed E-state index contributed by atoms with van der Waals surface area (Å²) in [6.07, 6.45) is 1.80. The van der Waals surface area contributed by atoms with Crippen LogP contribution in [0.1, 0.15) is 36.6 Å². The normalized spacial score (nSPS) is 14.4. The van der Waals surface area contributed by atoms with E-state index in [2.05, 4.69) is 5.32 Å². The van der Waals surface area contributed by atoms with Gasteiger partial charge in [-0.25, -0.2) is 4.99 Å². The molecule has 0 spiro atoms. The third-order valence-corrected chi connectivity index (χ3v) is 9.11. The van der Waals surface area contributed by atoms with E-state index < -0.39 is 6.04 Å². The van der Waals surface area contributed by atoms with Gasteiger partial charge in [-0.15, -0.1) is 0 Å². The van der Waals surface area contributed by atoms with Gasteiger partial charge < -0.3 is 14.8 Å². The van der Waals surface area contributed by atoms with Gasteiger partial charge >= 0.3 is 0 Å². The van der Waals surface area contributed by atoms with Gasteiger partial charge in [0.15, 0.2) is 4.80 Å². The van der Waals surface area contributed by atoms with Crippen molar-refractivity contribution in [2.75, 3.05) is 11.9 Å². The fraction of sp³-hybridized carbons (Fsp3) is 0.139. The minimum Gasteiger partial charge on any atom is -0.494 e. The zero-order chi connectivity index (χ0) is 32.2. The molecule has 0 unspecified atom stereocenters. The third kappa shape index (κ3) is 6.65. The molecule has 10 heteroatoms. The number of nitrogens with zero attached hydrogens (tertiary/aromatic N) is 2. The van der Waals surface area contributed by atoms with E-state index >= 15 is 0 Å². The van der Waals surface area contributed by atoms with Crippen molar-refractivity contribution in [3.63, 3.8) is 0 Å². The fourth-order valence-corrected chi connectivity index (χ4v) is 6.58. The second-order valence-corrected chi connectivity index (χ2v) is 12.3. The molecule has 0 fully saturated rings. The van der Waals surface area contributed by atoms with Crippen molar-refractivity contribution in [1.29, 1.82) is 0 Å². The van der Waals surface area contributed by atoms with Crippen LogP contribution in [-0.2, 0) is 11.4 Å². The molecule has 5 aromatic rings. The highest BCUT2D eigenvalue weighted by Crippen LogP contribution is 2.32. The second-order valence-electron chi connectivity index (χ2n) is 10.5. The Bertz CT molecular complexity index is 2120. The summed E-state index contributed by atoms with van der Waals surface area (Å²) in [5, 5.41) is 3.90. The standard InChI is InChI=1S/C36H29Cl2N3O4S/c1-3-44-27-16-14-24(15-17-27)33-32(34(42)40-26-10-5-4-6-11-26)22(2)39-36-41(33)35(43)31(46-36)20-25-9-7-8-12-30(25)45-21-23-13-18-28(37)29(38)19-23/h4-20,33H,3,21H2,1-2H3,(H,40,42)/b31-20-/t33-/m1/s1. The number of aromatic nitrogens is 1. The number of hydrogen-bond acceptors (Lipinski definition) is 6. The highest BCUT2D eigenvalue weighted by Gasteiger charge is 2.32. The Balaban J connectivity index is 1.41. The van der Waals surface area contributed by atoms with E-state index in [1.165, 1.54) is 11.3 Å². The largest absolute Gasteiger partial charge is 0.494 e. The van der Waals surface area contributed by atoms with Crippen LogP contribution < -0.4 is 29.7 Å². The highest BCUT2D eigenvalue weighted by atomic mass is 35.5. The molecule has 0 saturated carbocycles. The van der Waals surface area contributed by atoms with Crippen LogP contribution in [0.5, 0.6) is 11.5 Å². The summed E-state index contributed by atoms with van der Waals surface area (Å²) in [4.78, 5) is 33.3. The summed E-state index contributed by atoms with van der Waals surface area (Å²) in [5.41, 5.74) is 3.64. The Morgan fingerprint density at radius 3 is 2.43 bits per heavy atom. The maximum absolute atomic E-state index is 14.2. The number of hydrogen-bond donors (Lipinski definition) is 1. The van der Waals surface area contributed by atoms with Crippen LogP contribution in [-0.4, -0.2) is 17.1 Å². The molecular formula is C36H29Cl2N3O4S. The second kappa shape index (κ2) is 13.8. The Kier molecular flexibility index (Phi) is 9.40. The van der Waals surface area contributed by atoms with Crippen molar-refractivity contribution in [1.82, 2.24) is 4.57 Å². The molecule has 232 valence electrons. The summed E-state index contributed by atoms with van der Waals surface area (Å²) >= 11 is 13.5. The molecule has 1 amide bonds. The SMILES string of the molecule is CCOc1ccc([C@@H]2C(C(=O)Nc3ccccc3)=C(C)N=c3s/c(=C\c4ccccc4OCc4ccc(Cl)c(Cl)c4)c(=O)n32)cc1. The van der Waals surface area contributed by atoms with Crippen molar-refractivity contribution < 1.29 is 14.3 Å².